The largest absolute Gasteiger partial charge is 1.00 e. The number of aryl methyl sites for hydroxylation is 4. The van der Waals surface area contributed by atoms with E-state index in [0.717, 1.165) is 49.9 Å². The monoisotopic (exact) mass is 1100 g/mol. The molecule has 3 fully saturated rings. The van der Waals surface area contributed by atoms with Gasteiger partial charge in [0.05, 0.1) is 40.3 Å². The molecule has 18 nitrogen and oxygen atoms in total. The number of esters is 2. The number of carbonyl (C=O) groups is 6. The van der Waals surface area contributed by atoms with Crippen molar-refractivity contribution in [1.29, 1.82) is 0 Å². The van der Waals surface area contributed by atoms with Crippen LogP contribution >= 0.6 is 0 Å². The van der Waals surface area contributed by atoms with Crippen LogP contribution in [0, 0.1) is 0 Å². The zero-order valence-corrected chi connectivity index (χ0v) is 43.1. The van der Waals surface area contributed by atoms with Crippen molar-refractivity contribution < 1.29 is 90.8 Å². The quantitative estimate of drug-likeness (QED) is 0.0442. The number of nitrogens with zero attached hydrogens (tertiary/aromatic N) is 6. The molecule has 3 aliphatic rings. The van der Waals surface area contributed by atoms with E-state index < -0.39 is 72.3 Å². The van der Waals surface area contributed by atoms with Crippen molar-refractivity contribution in [3.05, 3.63) is 109 Å². The van der Waals surface area contributed by atoms with E-state index in [9.17, 15) is 28.8 Å². The predicted molar refractivity (Wildman–Crippen MR) is 244 cm³/mol. The lowest BCUT2D eigenvalue weighted by molar-refractivity contribution is -0.671. The summed E-state index contributed by atoms with van der Waals surface area (Å²) >= 11 is 0. The molecule has 2 aromatic carbocycles. The Morgan fingerprint density at radius 2 is 0.986 bits per heavy atom. The molecule has 380 valence electrons. The average Bonchev–Trinajstić information content (AvgIpc) is 4.16. The van der Waals surface area contributed by atoms with Gasteiger partial charge >= 0.3 is 24.1 Å². The molecule has 4 heterocycles. The third-order valence-electron chi connectivity index (χ3n) is 12.8. The maximum absolute atomic E-state index is 14.3. The van der Waals surface area contributed by atoms with Gasteiger partial charge in [-0.15, -0.1) is 0 Å². The molecule has 7 rings (SSSR count). The Hall–Kier alpha value is -5.76. The maximum atomic E-state index is 14.3. The normalized spacial score (nSPS) is 20.6. The van der Waals surface area contributed by atoms with Crippen molar-refractivity contribution in [2.24, 2.45) is 14.1 Å². The number of halogens is 2. The number of ether oxygens (including phenoxy) is 4. The number of benzene rings is 2. The lowest BCUT2D eigenvalue weighted by Gasteiger charge is -2.35. The zero-order chi connectivity index (χ0) is 47.8. The summed E-state index contributed by atoms with van der Waals surface area (Å²) in [6.07, 6.45) is 14.9. The van der Waals surface area contributed by atoms with Crippen LogP contribution in [-0.2, 0) is 78.5 Å². The Balaban J connectivity index is 0.00000456. The van der Waals surface area contributed by atoms with Crippen LogP contribution in [0.3, 0.4) is 0 Å². The van der Waals surface area contributed by atoms with Gasteiger partial charge in [0.1, 0.15) is 62.3 Å². The van der Waals surface area contributed by atoms with E-state index in [-0.39, 0.29) is 85.9 Å². The number of aromatic nitrogens is 4. The van der Waals surface area contributed by atoms with E-state index in [1.807, 2.05) is 130 Å². The van der Waals surface area contributed by atoms with Crippen molar-refractivity contribution in [2.75, 3.05) is 13.1 Å². The number of carbonyl (C=O) groups excluding carboxylic acids is 6. The fourth-order valence-electron chi connectivity index (χ4n) is 9.19. The van der Waals surface area contributed by atoms with E-state index >= 15 is 0 Å². The standard InChI is InChI=1S/C50H64N8O10.2BrH/c1-53-25-27-55(35-53)23-13-11-21-45(59)67-39-29-43(57(31-39)49(63)65-33-37-15-5-3-6-16-37)47(61)51-41-19-9-10-20-42(41)52-48(62)44-30-40(32-58(44)50(64)66-34-38-17-7-4-8-18-38)68-46(60)22-12-14-24-56-28-26-54(2)36-56;;/h3-8,15-18,25-28,35-36,39-44H,9-14,19-24,29-34H2,1-2H3;2*1H/t39-,40-,41-,42-,43+,44+;;/m1../s1. The van der Waals surface area contributed by atoms with Gasteiger partial charge in [0, 0.05) is 37.8 Å². The number of rotatable bonds is 20. The van der Waals surface area contributed by atoms with Gasteiger partial charge in [0.2, 0.25) is 24.5 Å². The van der Waals surface area contributed by atoms with Crippen LogP contribution in [0.5, 0.6) is 0 Å². The van der Waals surface area contributed by atoms with Crippen LogP contribution in [0.2, 0.25) is 0 Å². The molecule has 6 atom stereocenters. The highest BCUT2D eigenvalue weighted by Gasteiger charge is 2.45. The highest BCUT2D eigenvalue weighted by molar-refractivity contribution is 5.88. The highest BCUT2D eigenvalue weighted by atomic mass is 79.9. The van der Waals surface area contributed by atoms with Crippen molar-refractivity contribution in [2.45, 2.75) is 140 Å². The van der Waals surface area contributed by atoms with Gasteiger partial charge in [-0.05, 0) is 49.7 Å². The number of amides is 4. The summed E-state index contributed by atoms with van der Waals surface area (Å²) in [5.41, 5.74) is 1.56. The third kappa shape index (κ3) is 16.4. The summed E-state index contributed by atoms with van der Waals surface area (Å²) in [7, 11) is 3.89. The van der Waals surface area contributed by atoms with E-state index in [0.29, 0.717) is 25.7 Å². The molecule has 0 unspecified atom stereocenters. The highest BCUT2D eigenvalue weighted by Crippen LogP contribution is 2.27. The van der Waals surface area contributed by atoms with E-state index in [4.69, 9.17) is 18.9 Å². The fraction of sp³-hybridized carbons (Fsp3) is 0.520. The molecular weight excluding hydrogens is 1030 g/mol. The number of imidazole rings is 2. The van der Waals surface area contributed by atoms with Gasteiger partial charge in [0.15, 0.2) is 0 Å². The van der Waals surface area contributed by atoms with Crippen LogP contribution in [-0.4, -0.2) is 104 Å². The van der Waals surface area contributed by atoms with E-state index in [2.05, 4.69) is 10.6 Å². The van der Waals surface area contributed by atoms with Gasteiger partial charge < -0.3 is 63.5 Å². The summed E-state index contributed by atoms with van der Waals surface area (Å²) in [6, 6.07) is 15.4. The van der Waals surface area contributed by atoms with Crippen molar-refractivity contribution >= 4 is 35.9 Å². The molecule has 20 heteroatoms. The first kappa shape index (κ1) is 55.2. The molecular formula is C50H66Br2N8O10. The first-order valence-electron chi connectivity index (χ1n) is 23.9. The fourth-order valence-corrected chi connectivity index (χ4v) is 9.19. The maximum Gasteiger partial charge on any atom is 0.410 e. The summed E-state index contributed by atoms with van der Waals surface area (Å²) in [5, 5.41) is 6.23. The molecule has 2 aliphatic heterocycles. The predicted octanol–water partition coefficient (Wildman–Crippen LogP) is -1.82. The molecule has 2 N–H and O–H groups in total. The smallest absolute Gasteiger partial charge is 0.410 e. The summed E-state index contributed by atoms with van der Waals surface area (Å²) in [5.74, 6) is -1.71. The molecule has 4 amide bonds. The lowest BCUT2D eigenvalue weighted by atomic mass is 9.89. The van der Waals surface area contributed by atoms with E-state index in [1.54, 1.807) is 0 Å². The second kappa shape index (κ2) is 27.6. The van der Waals surface area contributed by atoms with Crippen LogP contribution in [0.15, 0.2) is 98.1 Å². The van der Waals surface area contributed by atoms with E-state index in [1.165, 1.54) is 9.80 Å². The Morgan fingerprint density at radius 1 is 0.586 bits per heavy atom. The van der Waals surface area contributed by atoms with Crippen molar-refractivity contribution in [3.63, 3.8) is 0 Å². The molecule has 70 heavy (non-hydrogen) atoms. The van der Waals surface area contributed by atoms with Crippen LogP contribution in [0.4, 0.5) is 9.59 Å². The minimum absolute atomic E-state index is 0. The molecule has 1 saturated carbocycles. The minimum atomic E-state index is -0.999. The molecule has 1 aliphatic carbocycles. The summed E-state index contributed by atoms with van der Waals surface area (Å²) in [4.78, 5) is 84.5. The van der Waals surface area contributed by atoms with Crippen LogP contribution < -0.4 is 53.7 Å². The Labute approximate surface area is 430 Å². The number of nitrogens with one attached hydrogen (secondary N) is 2. The SMILES string of the molecule is C[n+]1ccn(CCCCC(=O)O[C@@H]2C[C@@H](C(=O)N[C@@H]3CCCC[C@H]3NC(=O)[C@@H]3C[C@@H](OC(=O)CCCCn4cc[n+](C)c4)CN3C(=O)OCc3ccccc3)N(C(=O)OCc3ccccc3)C2)c1.[Br-].[Br-]. The summed E-state index contributed by atoms with van der Waals surface area (Å²) in [6.45, 7) is 1.48. The second-order valence-corrected chi connectivity index (χ2v) is 18.2. The van der Waals surface area contributed by atoms with Gasteiger partial charge in [-0.1, -0.05) is 73.5 Å². The lowest BCUT2D eigenvalue weighted by Crippen LogP contribution is -3.00. The van der Waals surface area contributed by atoms with Crippen molar-refractivity contribution in [3.8, 4) is 0 Å². The zero-order valence-electron chi connectivity index (χ0n) is 40.0. The van der Waals surface area contributed by atoms with Crippen LogP contribution in [0.25, 0.3) is 0 Å². The Morgan fingerprint density at radius 3 is 1.36 bits per heavy atom. The molecule has 0 spiro atoms. The second-order valence-electron chi connectivity index (χ2n) is 18.2. The minimum Gasteiger partial charge on any atom is -1.00 e. The van der Waals surface area contributed by atoms with Crippen LogP contribution in [0.1, 0.15) is 88.2 Å². The van der Waals surface area contributed by atoms with Gasteiger partial charge in [-0.2, -0.15) is 0 Å². The molecule has 2 aromatic heterocycles. The van der Waals surface area contributed by atoms with Crippen molar-refractivity contribution in [1.82, 2.24) is 29.6 Å². The number of hydrogen-bond donors (Lipinski definition) is 2. The topological polar surface area (TPSA) is 188 Å². The first-order valence-corrected chi connectivity index (χ1v) is 23.9. The third-order valence-corrected chi connectivity index (χ3v) is 12.8. The van der Waals surface area contributed by atoms with Gasteiger partial charge in [-0.3, -0.25) is 29.0 Å². The molecule has 2 saturated heterocycles. The average molecular weight is 1100 g/mol. The summed E-state index contributed by atoms with van der Waals surface area (Å²) < 4.78 is 31.0. The number of unbranched alkanes of at least 4 members (excludes halogenated alkanes) is 2. The molecule has 0 bridgehead atoms. The first-order chi connectivity index (χ1) is 33.0. The molecule has 4 aromatic rings. The van der Waals surface area contributed by atoms with Gasteiger partial charge in [0.25, 0.3) is 0 Å². The number of likely N-dealkylation sites (tertiary alicyclic amines) is 2. The Kier molecular flexibility index (Phi) is 21.7. The van der Waals surface area contributed by atoms with Gasteiger partial charge in [-0.25, -0.2) is 27.9 Å². The number of hydrogen-bond acceptors (Lipinski definition) is 10. The molecule has 0 radical (unpaired) electrons. The Bertz CT molecular complexity index is 2160.